The molecule has 0 spiro atoms. The number of benzene rings is 1. The molecule has 28 heavy (non-hydrogen) atoms. The molecule has 2 aliphatic heterocycles. The summed E-state index contributed by atoms with van der Waals surface area (Å²) in [5.41, 5.74) is 1.13. The largest absolute Gasteiger partial charge is 0.497 e. The lowest BCUT2D eigenvalue weighted by Crippen LogP contribution is -2.45. The summed E-state index contributed by atoms with van der Waals surface area (Å²) < 4.78 is 10.7. The molecule has 2 fully saturated rings. The molecule has 1 aromatic carbocycles. The van der Waals surface area contributed by atoms with Gasteiger partial charge < -0.3 is 19.7 Å². The first kappa shape index (κ1) is 20.6. The third kappa shape index (κ3) is 4.83. The highest BCUT2D eigenvalue weighted by molar-refractivity contribution is 5.89. The number of rotatable bonds is 7. The Morgan fingerprint density at radius 1 is 1.25 bits per heavy atom. The van der Waals surface area contributed by atoms with Crippen molar-refractivity contribution in [1.29, 1.82) is 0 Å². The van der Waals surface area contributed by atoms with Crippen molar-refractivity contribution >= 4 is 11.8 Å². The minimum atomic E-state index is -0.267. The Morgan fingerprint density at radius 2 is 1.93 bits per heavy atom. The monoisotopic (exact) mass is 389 g/mol. The van der Waals surface area contributed by atoms with E-state index in [1.807, 2.05) is 38.1 Å². The van der Waals surface area contributed by atoms with Crippen LogP contribution in [0.15, 0.2) is 24.3 Å². The van der Waals surface area contributed by atoms with Gasteiger partial charge in [-0.1, -0.05) is 12.1 Å². The van der Waals surface area contributed by atoms with Gasteiger partial charge in [-0.25, -0.2) is 0 Å². The van der Waals surface area contributed by atoms with Gasteiger partial charge in [-0.05, 0) is 31.5 Å². The Kier molecular flexibility index (Phi) is 6.91. The van der Waals surface area contributed by atoms with Gasteiger partial charge in [0.1, 0.15) is 5.75 Å². The van der Waals surface area contributed by atoms with Crippen LogP contribution in [0.25, 0.3) is 0 Å². The molecule has 2 amide bonds. The maximum atomic E-state index is 12.7. The first-order valence-corrected chi connectivity index (χ1v) is 10.0. The smallest absolute Gasteiger partial charge is 0.225 e. The first-order valence-electron chi connectivity index (χ1n) is 10.0. The molecular formula is C21H31N3O4. The summed E-state index contributed by atoms with van der Waals surface area (Å²) >= 11 is 0. The number of carbonyl (C=O) groups excluding carboxylic acids is 2. The zero-order valence-electron chi connectivity index (χ0n) is 17.0. The Balaban J connectivity index is 1.65. The summed E-state index contributed by atoms with van der Waals surface area (Å²) in [5, 5.41) is 3.10. The highest BCUT2D eigenvalue weighted by Gasteiger charge is 2.35. The predicted octanol–water partition coefficient (Wildman–Crippen LogP) is 1.44. The Hall–Kier alpha value is -2.12. The predicted molar refractivity (Wildman–Crippen MR) is 106 cm³/mol. The van der Waals surface area contributed by atoms with Crippen molar-refractivity contribution in [3.8, 4) is 5.75 Å². The molecule has 0 radical (unpaired) electrons. The van der Waals surface area contributed by atoms with Crippen molar-refractivity contribution in [2.75, 3.05) is 46.5 Å². The number of hydrogen-bond donors (Lipinski definition) is 1. The normalized spacial score (nSPS) is 21.8. The SMILES string of the molecule is COc1ccc(C(CNC(=O)C2CC(=O)N(C(C)C)C2)N2CCOCC2)cc1. The summed E-state index contributed by atoms with van der Waals surface area (Å²) in [6, 6.07) is 8.18. The second-order valence-corrected chi connectivity index (χ2v) is 7.72. The molecule has 2 aliphatic rings. The van der Waals surface area contributed by atoms with Crippen LogP contribution in [0.3, 0.4) is 0 Å². The molecule has 7 nitrogen and oxygen atoms in total. The van der Waals surface area contributed by atoms with E-state index in [-0.39, 0.29) is 29.8 Å². The van der Waals surface area contributed by atoms with E-state index in [0.29, 0.717) is 32.7 Å². The highest BCUT2D eigenvalue weighted by atomic mass is 16.5. The van der Waals surface area contributed by atoms with Gasteiger partial charge in [-0.3, -0.25) is 14.5 Å². The fraction of sp³-hybridized carbons (Fsp3) is 0.619. The lowest BCUT2D eigenvalue weighted by atomic mass is 10.0. The van der Waals surface area contributed by atoms with Gasteiger partial charge in [0.25, 0.3) is 0 Å². The van der Waals surface area contributed by atoms with E-state index >= 15 is 0 Å². The summed E-state index contributed by atoms with van der Waals surface area (Å²) in [5.74, 6) is 0.571. The van der Waals surface area contributed by atoms with E-state index in [0.717, 1.165) is 24.4 Å². The quantitative estimate of drug-likeness (QED) is 0.764. The molecule has 1 aromatic rings. The average molecular weight is 389 g/mol. The summed E-state index contributed by atoms with van der Waals surface area (Å²) in [7, 11) is 1.65. The molecule has 2 saturated heterocycles. The Morgan fingerprint density at radius 3 is 2.50 bits per heavy atom. The summed E-state index contributed by atoms with van der Waals surface area (Å²) in [6.07, 6.45) is 0.300. The molecule has 3 rings (SSSR count). The first-order chi connectivity index (χ1) is 13.5. The number of carbonyl (C=O) groups is 2. The van der Waals surface area contributed by atoms with Crippen LogP contribution in [0.1, 0.15) is 31.9 Å². The molecular weight excluding hydrogens is 358 g/mol. The minimum Gasteiger partial charge on any atom is -0.497 e. The maximum Gasteiger partial charge on any atom is 0.225 e. The number of amides is 2. The average Bonchev–Trinajstić information content (AvgIpc) is 3.11. The van der Waals surface area contributed by atoms with Crippen LogP contribution in [-0.2, 0) is 14.3 Å². The zero-order chi connectivity index (χ0) is 20.1. The van der Waals surface area contributed by atoms with Gasteiger partial charge in [0.2, 0.25) is 11.8 Å². The molecule has 2 unspecified atom stereocenters. The van der Waals surface area contributed by atoms with Crippen molar-refractivity contribution in [3.05, 3.63) is 29.8 Å². The third-order valence-corrected chi connectivity index (χ3v) is 5.61. The van der Waals surface area contributed by atoms with Crippen LogP contribution in [0.5, 0.6) is 5.75 Å². The molecule has 7 heteroatoms. The third-order valence-electron chi connectivity index (χ3n) is 5.61. The van der Waals surface area contributed by atoms with Crippen LogP contribution in [0, 0.1) is 5.92 Å². The molecule has 2 atom stereocenters. The molecule has 0 bridgehead atoms. The zero-order valence-corrected chi connectivity index (χ0v) is 17.0. The highest BCUT2D eigenvalue weighted by Crippen LogP contribution is 2.25. The van der Waals surface area contributed by atoms with E-state index in [2.05, 4.69) is 10.2 Å². The Labute approximate surface area is 167 Å². The van der Waals surface area contributed by atoms with Gasteiger partial charge in [0, 0.05) is 38.6 Å². The summed E-state index contributed by atoms with van der Waals surface area (Å²) in [4.78, 5) is 29.0. The number of morpholine rings is 1. The van der Waals surface area contributed by atoms with Crippen molar-refractivity contribution in [2.24, 2.45) is 5.92 Å². The van der Waals surface area contributed by atoms with Crippen LogP contribution in [0.4, 0.5) is 0 Å². The number of nitrogens with zero attached hydrogens (tertiary/aromatic N) is 2. The fourth-order valence-electron chi connectivity index (χ4n) is 3.92. The van der Waals surface area contributed by atoms with Crippen molar-refractivity contribution < 1.29 is 19.1 Å². The van der Waals surface area contributed by atoms with E-state index in [1.165, 1.54) is 0 Å². The van der Waals surface area contributed by atoms with Crippen LogP contribution in [-0.4, -0.2) is 74.2 Å². The van der Waals surface area contributed by atoms with Gasteiger partial charge in [0.05, 0.1) is 32.3 Å². The summed E-state index contributed by atoms with van der Waals surface area (Å²) in [6.45, 7) is 8.03. The van der Waals surface area contributed by atoms with Crippen LogP contribution < -0.4 is 10.1 Å². The van der Waals surface area contributed by atoms with Crippen molar-refractivity contribution in [3.63, 3.8) is 0 Å². The van der Waals surface area contributed by atoms with Crippen LogP contribution in [0.2, 0.25) is 0 Å². The Bertz CT molecular complexity index is 671. The van der Waals surface area contributed by atoms with Gasteiger partial charge >= 0.3 is 0 Å². The molecule has 1 N–H and O–H groups in total. The number of methoxy groups -OCH3 is 1. The molecule has 0 aromatic heterocycles. The number of likely N-dealkylation sites (tertiary alicyclic amines) is 1. The maximum absolute atomic E-state index is 12.7. The van der Waals surface area contributed by atoms with Gasteiger partial charge in [-0.2, -0.15) is 0 Å². The minimum absolute atomic E-state index is 0.0386. The van der Waals surface area contributed by atoms with Crippen LogP contribution >= 0.6 is 0 Å². The van der Waals surface area contributed by atoms with E-state index in [9.17, 15) is 9.59 Å². The molecule has 2 heterocycles. The van der Waals surface area contributed by atoms with Crippen molar-refractivity contribution in [2.45, 2.75) is 32.4 Å². The number of hydrogen-bond acceptors (Lipinski definition) is 5. The number of ether oxygens (including phenoxy) is 2. The van der Waals surface area contributed by atoms with Gasteiger partial charge in [0.15, 0.2) is 0 Å². The second kappa shape index (κ2) is 9.39. The lowest BCUT2D eigenvalue weighted by Gasteiger charge is -2.35. The van der Waals surface area contributed by atoms with E-state index < -0.39 is 0 Å². The molecule has 0 saturated carbocycles. The van der Waals surface area contributed by atoms with Crippen molar-refractivity contribution in [1.82, 2.24) is 15.1 Å². The number of nitrogens with one attached hydrogen (secondary N) is 1. The van der Waals surface area contributed by atoms with E-state index in [1.54, 1.807) is 12.0 Å². The lowest BCUT2D eigenvalue weighted by molar-refractivity contribution is -0.130. The molecule has 0 aliphatic carbocycles. The van der Waals surface area contributed by atoms with E-state index in [4.69, 9.17) is 9.47 Å². The standard InChI is InChI=1S/C21H31N3O4/c1-15(2)24-14-17(12-20(24)25)21(26)22-13-19(23-8-10-28-11-9-23)16-4-6-18(27-3)7-5-16/h4-7,15,17,19H,8-14H2,1-3H3,(H,22,26). The molecule has 154 valence electrons. The fourth-order valence-corrected chi connectivity index (χ4v) is 3.92. The topological polar surface area (TPSA) is 71.1 Å². The van der Waals surface area contributed by atoms with Gasteiger partial charge in [-0.15, -0.1) is 0 Å². The second-order valence-electron chi connectivity index (χ2n) is 7.72.